The first kappa shape index (κ1) is 17.2. The van der Waals surface area contributed by atoms with Gasteiger partial charge in [0.1, 0.15) is 5.76 Å². The standard InChI is InChI=1S/C18H24N2O3S/c1-24(21,22)18-7-5-16(6-8-18)14-19-9-3-10-20(12-11-19)15-17-4-2-13-23-17/h2,4-8,13H,3,9-12,14-15H2,1H3. The Hall–Kier alpha value is -1.63. The highest BCUT2D eigenvalue weighted by Crippen LogP contribution is 2.14. The molecule has 0 radical (unpaired) electrons. The Kier molecular flexibility index (Phi) is 5.38. The molecule has 0 N–H and O–H groups in total. The third-order valence-electron chi connectivity index (χ3n) is 4.40. The average Bonchev–Trinajstić information content (AvgIpc) is 2.95. The van der Waals surface area contributed by atoms with Crippen LogP contribution in [0.15, 0.2) is 52.0 Å². The van der Waals surface area contributed by atoms with Crippen LogP contribution in [0.25, 0.3) is 0 Å². The van der Waals surface area contributed by atoms with Crippen molar-refractivity contribution in [1.29, 1.82) is 0 Å². The van der Waals surface area contributed by atoms with Gasteiger partial charge >= 0.3 is 0 Å². The number of sulfone groups is 1. The number of hydrogen-bond acceptors (Lipinski definition) is 5. The Morgan fingerprint density at radius 2 is 1.62 bits per heavy atom. The molecule has 1 fully saturated rings. The predicted molar refractivity (Wildman–Crippen MR) is 93.4 cm³/mol. The first-order valence-corrected chi connectivity index (χ1v) is 10.2. The van der Waals surface area contributed by atoms with Gasteiger partial charge < -0.3 is 4.42 Å². The molecule has 1 aromatic heterocycles. The van der Waals surface area contributed by atoms with Crippen molar-refractivity contribution < 1.29 is 12.8 Å². The summed E-state index contributed by atoms with van der Waals surface area (Å²) in [6.07, 6.45) is 4.09. The molecule has 0 amide bonds. The molecule has 0 saturated carbocycles. The molecule has 0 bridgehead atoms. The van der Waals surface area contributed by atoms with Crippen molar-refractivity contribution in [3.63, 3.8) is 0 Å². The topological polar surface area (TPSA) is 53.8 Å². The first-order valence-electron chi connectivity index (χ1n) is 8.27. The van der Waals surface area contributed by atoms with Gasteiger partial charge in [-0.25, -0.2) is 8.42 Å². The number of rotatable bonds is 5. The molecule has 0 unspecified atom stereocenters. The maximum absolute atomic E-state index is 11.5. The summed E-state index contributed by atoms with van der Waals surface area (Å²) in [5.41, 5.74) is 1.15. The van der Waals surface area contributed by atoms with Crippen LogP contribution in [0.3, 0.4) is 0 Å². The largest absolute Gasteiger partial charge is 0.468 e. The fraction of sp³-hybridized carbons (Fsp3) is 0.444. The van der Waals surface area contributed by atoms with Gasteiger partial charge in [-0.3, -0.25) is 9.80 Å². The number of furan rings is 1. The molecule has 1 aliphatic heterocycles. The molecule has 24 heavy (non-hydrogen) atoms. The van der Waals surface area contributed by atoms with Crippen LogP contribution in [-0.2, 0) is 22.9 Å². The van der Waals surface area contributed by atoms with Gasteiger partial charge in [-0.1, -0.05) is 12.1 Å². The summed E-state index contributed by atoms with van der Waals surface area (Å²) in [7, 11) is -3.12. The molecular weight excluding hydrogens is 324 g/mol. The molecule has 0 aliphatic carbocycles. The highest BCUT2D eigenvalue weighted by Gasteiger charge is 2.16. The number of benzene rings is 1. The highest BCUT2D eigenvalue weighted by atomic mass is 32.2. The van der Waals surface area contributed by atoms with E-state index in [-0.39, 0.29) is 0 Å². The Morgan fingerprint density at radius 3 is 2.21 bits per heavy atom. The van der Waals surface area contributed by atoms with E-state index in [0.717, 1.165) is 57.0 Å². The molecular formula is C18H24N2O3S. The minimum absolute atomic E-state index is 0.381. The van der Waals surface area contributed by atoms with Crippen LogP contribution in [0.4, 0.5) is 0 Å². The molecule has 3 rings (SSSR count). The fourth-order valence-electron chi connectivity index (χ4n) is 3.06. The SMILES string of the molecule is CS(=O)(=O)c1ccc(CN2CCCN(Cc3ccco3)CC2)cc1. The average molecular weight is 348 g/mol. The number of nitrogens with zero attached hydrogens (tertiary/aromatic N) is 2. The van der Waals surface area contributed by atoms with E-state index in [9.17, 15) is 8.42 Å². The van der Waals surface area contributed by atoms with Crippen molar-refractivity contribution in [1.82, 2.24) is 9.80 Å². The second-order valence-corrected chi connectivity index (χ2v) is 8.42. The van der Waals surface area contributed by atoms with E-state index in [4.69, 9.17) is 4.42 Å². The lowest BCUT2D eigenvalue weighted by Gasteiger charge is -2.21. The van der Waals surface area contributed by atoms with Gasteiger partial charge in [0.2, 0.25) is 0 Å². The zero-order chi connectivity index (χ0) is 17.0. The Labute approximate surface area is 143 Å². The van der Waals surface area contributed by atoms with E-state index >= 15 is 0 Å². The van der Waals surface area contributed by atoms with E-state index in [2.05, 4.69) is 9.80 Å². The summed E-state index contributed by atoms with van der Waals surface area (Å²) in [5.74, 6) is 1.01. The lowest BCUT2D eigenvalue weighted by atomic mass is 10.2. The summed E-state index contributed by atoms with van der Waals surface area (Å²) in [6.45, 7) is 5.88. The molecule has 2 heterocycles. The van der Waals surface area contributed by atoms with Crippen LogP contribution in [0.5, 0.6) is 0 Å². The van der Waals surface area contributed by atoms with Crippen molar-refractivity contribution >= 4 is 9.84 Å². The van der Waals surface area contributed by atoms with Crippen molar-refractivity contribution in [2.45, 2.75) is 24.4 Å². The minimum atomic E-state index is -3.12. The molecule has 1 saturated heterocycles. The molecule has 6 heteroatoms. The maximum atomic E-state index is 11.5. The minimum Gasteiger partial charge on any atom is -0.468 e. The van der Waals surface area contributed by atoms with E-state index in [0.29, 0.717) is 4.90 Å². The van der Waals surface area contributed by atoms with Gasteiger partial charge in [0, 0.05) is 25.9 Å². The second kappa shape index (κ2) is 7.51. The molecule has 1 aromatic carbocycles. The molecule has 5 nitrogen and oxygen atoms in total. The van der Waals surface area contributed by atoms with Crippen LogP contribution in [-0.4, -0.2) is 50.7 Å². The Morgan fingerprint density at radius 1 is 0.958 bits per heavy atom. The zero-order valence-corrected chi connectivity index (χ0v) is 14.8. The lowest BCUT2D eigenvalue weighted by Crippen LogP contribution is -2.30. The third kappa shape index (κ3) is 4.69. The quantitative estimate of drug-likeness (QED) is 0.830. The van der Waals surface area contributed by atoms with Gasteiger partial charge in [0.15, 0.2) is 9.84 Å². The van der Waals surface area contributed by atoms with Gasteiger partial charge in [0.05, 0.1) is 17.7 Å². The third-order valence-corrected chi connectivity index (χ3v) is 5.53. The van der Waals surface area contributed by atoms with Crippen LogP contribution in [0, 0.1) is 0 Å². The smallest absolute Gasteiger partial charge is 0.175 e. The molecule has 1 aliphatic rings. The van der Waals surface area contributed by atoms with Gasteiger partial charge in [-0.2, -0.15) is 0 Å². The summed E-state index contributed by atoms with van der Waals surface area (Å²) in [4.78, 5) is 5.23. The highest BCUT2D eigenvalue weighted by molar-refractivity contribution is 7.90. The van der Waals surface area contributed by atoms with Crippen molar-refractivity contribution in [3.05, 3.63) is 54.0 Å². The molecule has 0 atom stereocenters. The summed E-state index contributed by atoms with van der Waals surface area (Å²) < 4.78 is 28.5. The second-order valence-electron chi connectivity index (χ2n) is 6.40. The fourth-order valence-corrected chi connectivity index (χ4v) is 3.69. The van der Waals surface area contributed by atoms with E-state index < -0.39 is 9.84 Å². The normalized spacial score (nSPS) is 17.7. The van der Waals surface area contributed by atoms with Crippen LogP contribution >= 0.6 is 0 Å². The first-order chi connectivity index (χ1) is 11.5. The molecule has 130 valence electrons. The molecule has 0 spiro atoms. The lowest BCUT2D eigenvalue weighted by molar-refractivity contribution is 0.234. The summed E-state index contributed by atoms with van der Waals surface area (Å²) >= 11 is 0. The monoisotopic (exact) mass is 348 g/mol. The zero-order valence-electron chi connectivity index (χ0n) is 14.0. The van der Waals surface area contributed by atoms with Crippen molar-refractivity contribution in [2.24, 2.45) is 0 Å². The van der Waals surface area contributed by atoms with Crippen LogP contribution in [0.1, 0.15) is 17.7 Å². The van der Waals surface area contributed by atoms with Crippen molar-refractivity contribution in [2.75, 3.05) is 32.4 Å². The van der Waals surface area contributed by atoms with Crippen LogP contribution in [0.2, 0.25) is 0 Å². The number of hydrogen-bond donors (Lipinski definition) is 0. The van der Waals surface area contributed by atoms with E-state index in [1.807, 2.05) is 24.3 Å². The van der Waals surface area contributed by atoms with Gasteiger partial charge in [0.25, 0.3) is 0 Å². The van der Waals surface area contributed by atoms with Gasteiger partial charge in [-0.15, -0.1) is 0 Å². The molecule has 2 aromatic rings. The van der Waals surface area contributed by atoms with Crippen molar-refractivity contribution in [3.8, 4) is 0 Å². The van der Waals surface area contributed by atoms with E-state index in [1.54, 1.807) is 18.4 Å². The van der Waals surface area contributed by atoms with E-state index in [1.165, 1.54) is 6.26 Å². The maximum Gasteiger partial charge on any atom is 0.175 e. The Balaban J connectivity index is 1.54. The van der Waals surface area contributed by atoms with Gasteiger partial charge in [-0.05, 0) is 49.3 Å². The predicted octanol–water partition coefficient (Wildman–Crippen LogP) is 2.39. The summed E-state index contributed by atoms with van der Waals surface area (Å²) in [6, 6.07) is 11.2. The Bertz CT molecular complexity index is 739. The summed E-state index contributed by atoms with van der Waals surface area (Å²) in [5, 5.41) is 0. The van der Waals surface area contributed by atoms with Crippen LogP contribution < -0.4 is 0 Å².